The van der Waals surface area contributed by atoms with Crippen LogP contribution in [-0.4, -0.2) is 30.4 Å². The summed E-state index contributed by atoms with van der Waals surface area (Å²) < 4.78 is 0. The minimum Gasteiger partial charge on any atom is -0.356 e. The van der Waals surface area contributed by atoms with Crippen LogP contribution in [0.2, 0.25) is 5.02 Å². The maximum absolute atomic E-state index is 12.4. The SMILES string of the molecule is O=C(Cc1ccccc1Cl)N[C@H]1C[C@H]2C(=O)Nc3ccccc3N2C1. The number of para-hydroxylation sites is 2. The summed E-state index contributed by atoms with van der Waals surface area (Å²) in [6.45, 7) is 0.628. The fourth-order valence-electron chi connectivity index (χ4n) is 3.59. The molecule has 2 aliphatic heterocycles. The number of halogens is 1. The van der Waals surface area contributed by atoms with Gasteiger partial charge in [0, 0.05) is 17.6 Å². The highest BCUT2D eigenvalue weighted by Crippen LogP contribution is 2.36. The molecule has 0 aromatic heterocycles. The van der Waals surface area contributed by atoms with Gasteiger partial charge in [-0.15, -0.1) is 0 Å². The molecule has 2 atom stereocenters. The van der Waals surface area contributed by atoms with Crippen molar-refractivity contribution in [1.29, 1.82) is 0 Å². The summed E-state index contributed by atoms with van der Waals surface area (Å²) in [4.78, 5) is 26.8. The Morgan fingerprint density at radius 1 is 1.20 bits per heavy atom. The summed E-state index contributed by atoms with van der Waals surface area (Å²) in [5, 5.41) is 6.58. The van der Waals surface area contributed by atoms with E-state index in [9.17, 15) is 9.59 Å². The van der Waals surface area contributed by atoms with Gasteiger partial charge in [-0.2, -0.15) is 0 Å². The van der Waals surface area contributed by atoms with Gasteiger partial charge in [-0.25, -0.2) is 0 Å². The van der Waals surface area contributed by atoms with E-state index in [4.69, 9.17) is 11.6 Å². The Labute approximate surface area is 151 Å². The molecule has 6 heteroatoms. The third kappa shape index (κ3) is 3.07. The molecule has 5 nitrogen and oxygen atoms in total. The molecule has 2 N–H and O–H groups in total. The lowest BCUT2D eigenvalue weighted by atomic mass is 10.1. The normalized spacial score (nSPS) is 21.3. The Morgan fingerprint density at radius 2 is 1.96 bits per heavy atom. The van der Waals surface area contributed by atoms with Crippen molar-refractivity contribution in [3.63, 3.8) is 0 Å². The molecule has 0 aliphatic carbocycles. The number of benzene rings is 2. The number of anilines is 2. The first kappa shape index (κ1) is 16.0. The Bertz CT molecular complexity index is 839. The van der Waals surface area contributed by atoms with E-state index in [1.165, 1.54) is 0 Å². The predicted molar refractivity (Wildman–Crippen MR) is 97.9 cm³/mol. The lowest BCUT2D eigenvalue weighted by Crippen LogP contribution is -2.44. The van der Waals surface area contributed by atoms with Gasteiger partial charge in [-0.1, -0.05) is 41.9 Å². The molecular weight excluding hydrogens is 338 g/mol. The van der Waals surface area contributed by atoms with Gasteiger partial charge in [0.05, 0.1) is 17.8 Å². The molecule has 0 bridgehead atoms. The van der Waals surface area contributed by atoms with Crippen LogP contribution in [0.3, 0.4) is 0 Å². The first-order valence-corrected chi connectivity index (χ1v) is 8.69. The number of amides is 2. The van der Waals surface area contributed by atoms with E-state index < -0.39 is 0 Å². The van der Waals surface area contributed by atoms with Crippen molar-refractivity contribution >= 4 is 34.8 Å². The number of nitrogens with zero attached hydrogens (tertiary/aromatic N) is 1. The molecule has 0 unspecified atom stereocenters. The molecule has 0 radical (unpaired) electrons. The molecule has 1 fully saturated rings. The van der Waals surface area contributed by atoms with E-state index in [2.05, 4.69) is 15.5 Å². The minimum atomic E-state index is -0.236. The number of carbonyl (C=O) groups is 2. The van der Waals surface area contributed by atoms with Crippen LogP contribution in [-0.2, 0) is 16.0 Å². The van der Waals surface area contributed by atoms with Gasteiger partial charge < -0.3 is 15.5 Å². The summed E-state index contributed by atoms with van der Waals surface area (Å²) in [6, 6.07) is 14.8. The van der Waals surface area contributed by atoms with Crippen LogP contribution in [0, 0.1) is 0 Å². The molecular formula is C19H18ClN3O2. The number of hydrogen-bond donors (Lipinski definition) is 2. The van der Waals surface area contributed by atoms with E-state index in [0.717, 1.165) is 16.9 Å². The van der Waals surface area contributed by atoms with E-state index >= 15 is 0 Å². The topological polar surface area (TPSA) is 61.4 Å². The zero-order valence-corrected chi connectivity index (χ0v) is 14.3. The van der Waals surface area contributed by atoms with Gasteiger partial charge in [-0.05, 0) is 30.2 Å². The maximum Gasteiger partial charge on any atom is 0.247 e. The lowest BCUT2D eigenvalue weighted by Gasteiger charge is -2.32. The quantitative estimate of drug-likeness (QED) is 0.889. The Balaban J connectivity index is 1.45. The van der Waals surface area contributed by atoms with Crippen LogP contribution >= 0.6 is 11.6 Å². The van der Waals surface area contributed by atoms with Gasteiger partial charge in [-0.3, -0.25) is 9.59 Å². The third-order valence-electron chi connectivity index (χ3n) is 4.75. The molecule has 25 heavy (non-hydrogen) atoms. The summed E-state index contributed by atoms with van der Waals surface area (Å²) in [5.41, 5.74) is 2.64. The lowest BCUT2D eigenvalue weighted by molar-refractivity contribution is -0.121. The molecule has 1 saturated heterocycles. The highest BCUT2D eigenvalue weighted by molar-refractivity contribution is 6.31. The number of hydrogen-bond acceptors (Lipinski definition) is 3. The molecule has 4 rings (SSSR count). The fraction of sp³-hybridized carbons (Fsp3) is 0.263. The highest BCUT2D eigenvalue weighted by atomic mass is 35.5. The van der Waals surface area contributed by atoms with Crippen LogP contribution in [0.5, 0.6) is 0 Å². The standard InChI is InChI=1S/C19H18ClN3O2/c20-14-6-2-1-5-12(14)9-18(24)21-13-10-17-19(25)22-15-7-3-4-8-16(15)23(17)11-13/h1-8,13,17H,9-11H2,(H,21,24)(H,22,25)/t13-,17-/m0/s1. The van der Waals surface area contributed by atoms with Crippen LogP contribution < -0.4 is 15.5 Å². The largest absolute Gasteiger partial charge is 0.356 e. The summed E-state index contributed by atoms with van der Waals surface area (Å²) >= 11 is 6.12. The minimum absolute atomic E-state index is 0.0125. The molecule has 2 aromatic carbocycles. The van der Waals surface area contributed by atoms with Crippen molar-refractivity contribution in [2.24, 2.45) is 0 Å². The second-order valence-electron chi connectivity index (χ2n) is 6.44. The number of carbonyl (C=O) groups excluding carboxylic acids is 2. The average molecular weight is 356 g/mol. The van der Waals surface area contributed by atoms with Crippen LogP contribution in [0.25, 0.3) is 0 Å². The van der Waals surface area contributed by atoms with Crippen LogP contribution in [0.4, 0.5) is 11.4 Å². The second-order valence-corrected chi connectivity index (χ2v) is 6.85. The van der Waals surface area contributed by atoms with E-state index in [0.29, 0.717) is 18.0 Å². The van der Waals surface area contributed by atoms with Crippen LogP contribution in [0.15, 0.2) is 48.5 Å². The van der Waals surface area contributed by atoms with Crippen LogP contribution in [0.1, 0.15) is 12.0 Å². The smallest absolute Gasteiger partial charge is 0.247 e. The van der Waals surface area contributed by atoms with Gasteiger partial charge in [0.2, 0.25) is 11.8 Å². The highest BCUT2D eigenvalue weighted by Gasteiger charge is 2.41. The molecule has 0 spiro atoms. The summed E-state index contributed by atoms with van der Waals surface area (Å²) in [5.74, 6) is -0.0896. The number of nitrogens with one attached hydrogen (secondary N) is 2. The van der Waals surface area contributed by atoms with Crippen molar-refractivity contribution in [3.05, 3.63) is 59.1 Å². The summed E-state index contributed by atoms with van der Waals surface area (Å²) in [7, 11) is 0. The van der Waals surface area contributed by atoms with E-state index in [1.807, 2.05) is 42.5 Å². The predicted octanol–water partition coefficient (Wildman–Crippen LogP) is 2.60. The Hall–Kier alpha value is -2.53. The molecule has 0 saturated carbocycles. The monoisotopic (exact) mass is 355 g/mol. The van der Waals surface area contributed by atoms with Crippen molar-refractivity contribution < 1.29 is 9.59 Å². The van der Waals surface area contributed by atoms with Crippen molar-refractivity contribution in [1.82, 2.24) is 5.32 Å². The van der Waals surface area contributed by atoms with Crippen molar-refractivity contribution in [2.45, 2.75) is 24.9 Å². The molecule has 2 amide bonds. The Morgan fingerprint density at radius 3 is 2.80 bits per heavy atom. The molecule has 2 aromatic rings. The number of fused-ring (bicyclic) bond motifs is 3. The zero-order chi connectivity index (χ0) is 17.4. The summed E-state index contributed by atoms with van der Waals surface area (Å²) in [6.07, 6.45) is 0.845. The first-order chi connectivity index (χ1) is 12.1. The second kappa shape index (κ2) is 6.41. The van der Waals surface area contributed by atoms with E-state index in [-0.39, 0.29) is 30.3 Å². The maximum atomic E-state index is 12.4. The van der Waals surface area contributed by atoms with Gasteiger partial charge >= 0.3 is 0 Å². The van der Waals surface area contributed by atoms with Gasteiger partial charge in [0.15, 0.2) is 0 Å². The van der Waals surface area contributed by atoms with E-state index in [1.54, 1.807) is 6.07 Å². The van der Waals surface area contributed by atoms with Gasteiger partial charge in [0.25, 0.3) is 0 Å². The number of rotatable bonds is 3. The first-order valence-electron chi connectivity index (χ1n) is 8.31. The Kier molecular flexibility index (Phi) is 4.09. The van der Waals surface area contributed by atoms with Gasteiger partial charge in [0.1, 0.15) is 6.04 Å². The molecule has 128 valence electrons. The molecule has 2 aliphatic rings. The zero-order valence-electron chi connectivity index (χ0n) is 13.5. The van der Waals surface area contributed by atoms with Crippen molar-refractivity contribution in [3.8, 4) is 0 Å². The van der Waals surface area contributed by atoms with Crippen molar-refractivity contribution in [2.75, 3.05) is 16.8 Å². The average Bonchev–Trinajstić information content (AvgIpc) is 3.01. The molecule has 2 heterocycles. The fourth-order valence-corrected chi connectivity index (χ4v) is 3.80. The third-order valence-corrected chi connectivity index (χ3v) is 5.12.